The largest absolute Gasteiger partial charge is 0.449 e. The molecule has 12 nitrogen and oxygen atoms in total. The Kier molecular flexibility index (Phi) is 10.2. The van der Waals surface area contributed by atoms with Crippen LogP contribution in [-0.4, -0.2) is 71.3 Å². The molecule has 2 aliphatic heterocycles. The lowest BCUT2D eigenvalue weighted by Gasteiger charge is -2.31. The number of carbonyl (C=O) groups is 3. The zero-order valence-electron chi connectivity index (χ0n) is 25.6. The van der Waals surface area contributed by atoms with Gasteiger partial charge in [0.15, 0.2) is 5.82 Å². The summed E-state index contributed by atoms with van der Waals surface area (Å²) in [5.41, 5.74) is -0.927. The normalized spacial score (nSPS) is 15.4. The van der Waals surface area contributed by atoms with Gasteiger partial charge in [0.1, 0.15) is 15.8 Å². The van der Waals surface area contributed by atoms with Crippen LogP contribution in [0.5, 0.6) is 0 Å². The van der Waals surface area contributed by atoms with Crippen LogP contribution in [0.2, 0.25) is 0 Å². The maximum atomic E-state index is 13.1. The number of nitrogens with zero attached hydrogens (tertiary/aromatic N) is 6. The molecule has 19 heteroatoms. The van der Waals surface area contributed by atoms with E-state index in [9.17, 15) is 40.7 Å². The van der Waals surface area contributed by atoms with Crippen molar-refractivity contribution in [3.8, 4) is 0 Å². The van der Waals surface area contributed by atoms with E-state index < -0.39 is 53.3 Å². The summed E-state index contributed by atoms with van der Waals surface area (Å²) < 4.78 is 90.5. The van der Waals surface area contributed by atoms with Crippen LogP contribution in [0.1, 0.15) is 71.5 Å². The predicted molar refractivity (Wildman–Crippen MR) is 150 cm³/mol. The summed E-state index contributed by atoms with van der Waals surface area (Å²) in [5.74, 6) is -2.78. The van der Waals surface area contributed by atoms with Crippen molar-refractivity contribution in [1.29, 1.82) is 0 Å². The number of amides is 3. The second kappa shape index (κ2) is 12.7. The molecule has 0 radical (unpaired) electrons. The van der Waals surface area contributed by atoms with Gasteiger partial charge in [0.2, 0.25) is 17.6 Å². The number of aromatic nitrogens is 4. The molecule has 0 unspecified atom stereocenters. The Morgan fingerprint density at radius 3 is 1.51 bits per heavy atom. The number of halogens is 7. The number of imidazole rings is 2. The molecule has 3 amide bonds. The Bertz CT molecular complexity index is 1440. The highest BCUT2D eigenvalue weighted by atomic mass is 79.9. The van der Waals surface area contributed by atoms with Gasteiger partial charge in [-0.2, -0.15) is 26.3 Å². The van der Waals surface area contributed by atoms with Gasteiger partial charge in [-0.15, -0.1) is 0 Å². The highest BCUT2D eigenvalue weighted by Crippen LogP contribution is 2.35. The highest BCUT2D eigenvalue weighted by Gasteiger charge is 2.42. The van der Waals surface area contributed by atoms with Crippen LogP contribution >= 0.6 is 15.9 Å². The molecule has 0 spiro atoms. The molecule has 0 aromatic carbocycles. The minimum absolute atomic E-state index is 0.0264. The quantitative estimate of drug-likeness (QED) is 0.358. The van der Waals surface area contributed by atoms with E-state index in [1.54, 1.807) is 41.5 Å². The van der Waals surface area contributed by atoms with E-state index >= 15 is 0 Å². The van der Waals surface area contributed by atoms with E-state index in [1.807, 2.05) is 0 Å². The summed E-state index contributed by atoms with van der Waals surface area (Å²) in [6, 6.07) is 0. The van der Waals surface area contributed by atoms with E-state index in [0.29, 0.717) is 5.69 Å². The number of nitrogens with one attached hydrogen (secondary N) is 1. The fourth-order valence-corrected chi connectivity index (χ4v) is 4.87. The average Bonchev–Trinajstić information content (AvgIpc) is 3.39. The lowest BCUT2D eigenvalue weighted by atomic mass is 10.2. The molecule has 0 bridgehead atoms. The van der Waals surface area contributed by atoms with Crippen molar-refractivity contribution in [2.24, 2.45) is 0 Å². The van der Waals surface area contributed by atoms with Crippen molar-refractivity contribution in [1.82, 2.24) is 28.9 Å². The lowest BCUT2D eigenvalue weighted by Crippen LogP contribution is -2.42. The van der Waals surface area contributed by atoms with Gasteiger partial charge in [0, 0.05) is 33.1 Å². The molecule has 1 N–H and O–H groups in total. The maximum Gasteiger partial charge on any atom is 0.449 e. The lowest BCUT2D eigenvalue weighted by molar-refractivity contribution is -0.148. The van der Waals surface area contributed by atoms with Gasteiger partial charge in [-0.3, -0.25) is 4.79 Å². The van der Waals surface area contributed by atoms with Gasteiger partial charge in [-0.05, 0) is 57.5 Å². The van der Waals surface area contributed by atoms with E-state index in [-0.39, 0.29) is 55.4 Å². The Labute approximate surface area is 263 Å². The number of ether oxygens (including phenoxy) is 2. The summed E-state index contributed by atoms with van der Waals surface area (Å²) in [5, 5.41) is 2.28. The molecule has 0 atom stereocenters. The van der Waals surface area contributed by atoms with Gasteiger partial charge in [-0.25, -0.2) is 19.6 Å². The summed E-state index contributed by atoms with van der Waals surface area (Å²) >= 11 is 3.02. The van der Waals surface area contributed by atoms with Crippen molar-refractivity contribution in [2.45, 2.75) is 98.2 Å². The molecule has 0 fully saturated rings. The smallest absolute Gasteiger partial charge is 0.444 e. The molecule has 0 aliphatic carbocycles. The number of carbonyl (C=O) groups excluding carboxylic acids is 3. The summed E-state index contributed by atoms with van der Waals surface area (Å²) in [6.07, 6.45) is -10.3. The molecule has 0 saturated heterocycles. The zero-order valence-corrected chi connectivity index (χ0v) is 27.2. The second-order valence-corrected chi connectivity index (χ2v) is 12.9. The monoisotopic (exact) mass is 717 g/mol. The number of hydrogen-bond acceptors (Lipinski definition) is 7. The number of anilines is 1. The van der Waals surface area contributed by atoms with Gasteiger partial charge >= 0.3 is 24.5 Å². The first-order valence-corrected chi connectivity index (χ1v) is 14.4. The van der Waals surface area contributed by atoms with E-state index in [2.05, 4.69) is 31.2 Å². The average molecular weight is 718 g/mol. The van der Waals surface area contributed by atoms with Gasteiger partial charge in [-0.1, -0.05) is 0 Å². The van der Waals surface area contributed by atoms with Crippen LogP contribution in [0.4, 0.5) is 41.7 Å². The fourth-order valence-electron chi connectivity index (χ4n) is 4.36. The molecule has 4 rings (SSSR count). The molecule has 0 saturated carbocycles. The third-order valence-electron chi connectivity index (χ3n) is 6.07. The first kappa shape index (κ1) is 36.0. The maximum absolute atomic E-state index is 13.1. The van der Waals surface area contributed by atoms with E-state index in [1.165, 1.54) is 16.7 Å². The number of alkyl halides is 6. The Morgan fingerprint density at radius 2 is 1.11 bits per heavy atom. The predicted octanol–water partition coefficient (Wildman–Crippen LogP) is 6.03. The second-order valence-electron chi connectivity index (χ2n) is 12.2. The Hall–Kier alpha value is -3.51. The Morgan fingerprint density at radius 1 is 0.711 bits per heavy atom. The molecular formula is C26H34BrF6N7O5. The minimum atomic E-state index is -4.65. The molecule has 45 heavy (non-hydrogen) atoms. The first-order valence-electron chi connectivity index (χ1n) is 13.6. The first-order chi connectivity index (χ1) is 20.4. The molecular weight excluding hydrogens is 684 g/mol. The van der Waals surface area contributed by atoms with Crippen molar-refractivity contribution < 1.29 is 50.2 Å². The SMILES string of the molecule is CC(=O)Nc1nc(C(F)(F)F)n2c1CN(C(=O)OC(C)(C)C)CC2.CC(C)(C)OC(=O)N1CCn2c(C(F)(F)F)nc(Br)c2C1. The highest BCUT2D eigenvalue weighted by molar-refractivity contribution is 9.10. The zero-order chi connectivity index (χ0) is 34.3. The third-order valence-corrected chi connectivity index (χ3v) is 6.70. The van der Waals surface area contributed by atoms with E-state index in [4.69, 9.17) is 9.47 Å². The summed E-state index contributed by atoms with van der Waals surface area (Å²) in [7, 11) is 0. The van der Waals surface area contributed by atoms with Gasteiger partial charge < -0.3 is 33.7 Å². The van der Waals surface area contributed by atoms with E-state index in [0.717, 1.165) is 9.13 Å². The van der Waals surface area contributed by atoms with Crippen molar-refractivity contribution >= 4 is 39.8 Å². The van der Waals surface area contributed by atoms with Gasteiger partial charge in [0.25, 0.3) is 0 Å². The number of rotatable bonds is 1. The van der Waals surface area contributed by atoms with Crippen molar-refractivity contribution in [2.75, 3.05) is 18.4 Å². The summed E-state index contributed by atoms with van der Waals surface area (Å²) in [6.45, 7) is 11.5. The molecule has 2 aromatic heterocycles. The van der Waals surface area contributed by atoms with Crippen LogP contribution in [0, 0.1) is 0 Å². The fraction of sp³-hybridized carbons (Fsp3) is 0.654. The molecule has 4 heterocycles. The summed E-state index contributed by atoms with van der Waals surface area (Å²) in [4.78, 5) is 45.0. The molecule has 2 aliphatic rings. The molecule has 252 valence electrons. The third kappa shape index (κ3) is 9.26. The standard InChI is InChI=1S/C14H19F3N4O3.C12H15BrF3N3O2/c1-8(22)18-10-9-7-20(12(23)24-13(2,3)4)5-6-21(9)11(19-10)14(15,16)17;1-11(2,3)21-10(20)18-4-5-19-7(6-18)8(13)17-9(19)12(14,15)16/h5-7H2,1-4H3,(H,18,22);4-6H2,1-3H3. The number of fused-ring (bicyclic) bond motifs is 2. The van der Waals surface area contributed by atoms with Gasteiger partial charge in [0.05, 0.1) is 24.5 Å². The van der Waals surface area contributed by atoms with Crippen LogP contribution in [0.3, 0.4) is 0 Å². The molecule has 2 aromatic rings. The number of hydrogen-bond donors (Lipinski definition) is 1. The minimum Gasteiger partial charge on any atom is -0.444 e. The van der Waals surface area contributed by atoms with Crippen molar-refractivity contribution in [3.05, 3.63) is 27.6 Å². The Balaban J connectivity index is 0.000000248. The van der Waals surface area contributed by atoms with Crippen molar-refractivity contribution in [3.63, 3.8) is 0 Å². The topological polar surface area (TPSA) is 124 Å². The van der Waals surface area contributed by atoms with Crippen LogP contribution in [-0.2, 0) is 52.8 Å². The van der Waals surface area contributed by atoms with Crippen LogP contribution < -0.4 is 5.32 Å². The van der Waals surface area contributed by atoms with Crippen LogP contribution in [0.25, 0.3) is 0 Å². The van der Waals surface area contributed by atoms with Crippen LogP contribution in [0.15, 0.2) is 4.60 Å².